The van der Waals surface area contributed by atoms with Crippen molar-refractivity contribution in [3.63, 3.8) is 0 Å². The highest BCUT2D eigenvalue weighted by atomic mass is 16.1. The number of carbonyl (C=O) groups is 1. The summed E-state index contributed by atoms with van der Waals surface area (Å²) in [6, 6.07) is 21.6. The number of anilines is 2. The van der Waals surface area contributed by atoms with Gasteiger partial charge in [0, 0.05) is 36.2 Å². The van der Waals surface area contributed by atoms with E-state index >= 15 is 0 Å². The molecule has 0 saturated carbocycles. The molecule has 0 atom stereocenters. The van der Waals surface area contributed by atoms with E-state index < -0.39 is 0 Å². The van der Waals surface area contributed by atoms with Gasteiger partial charge in [-0.25, -0.2) is 0 Å². The van der Waals surface area contributed by atoms with Gasteiger partial charge in [-0.2, -0.15) is 0 Å². The molecule has 0 spiro atoms. The lowest BCUT2D eigenvalue weighted by atomic mass is 10.1. The third-order valence-corrected chi connectivity index (χ3v) is 5.06. The average molecular weight is 415 g/mol. The van der Waals surface area contributed by atoms with Crippen LogP contribution in [0.4, 0.5) is 11.4 Å². The van der Waals surface area contributed by atoms with E-state index in [2.05, 4.69) is 46.5 Å². The Morgan fingerprint density at radius 1 is 0.935 bits per heavy atom. The topological polar surface area (TPSA) is 57.3 Å². The van der Waals surface area contributed by atoms with Gasteiger partial charge in [0.1, 0.15) is 0 Å². The van der Waals surface area contributed by atoms with Crippen LogP contribution in [0, 0.1) is 0 Å². The van der Waals surface area contributed by atoms with Crippen molar-refractivity contribution in [2.45, 2.75) is 13.8 Å². The van der Waals surface area contributed by atoms with Crippen LogP contribution < -0.4 is 10.6 Å². The van der Waals surface area contributed by atoms with Gasteiger partial charge < -0.3 is 15.5 Å². The highest BCUT2D eigenvalue weighted by Crippen LogP contribution is 2.19. The fourth-order valence-corrected chi connectivity index (χ4v) is 3.22. The molecule has 5 heteroatoms. The van der Waals surface area contributed by atoms with Crippen molar-refractivity contribution in [3.05, 3.63) is 89.7 Å². The lowest BCUT2D eigenvalue weighted by Gasteiger charge is -2.18. The number of carbonyl (C=O) groups excluding carboxylic acids is 1. The smallest absolute Gasteiger partial charge is 0.251 e. The van der Waals surface area contributed by atoms with Crippen molar-refractivity contribution in [2.75, 3.05) is 31.5 Å². The van der Waals surface area contributed by atoms with Crippen LogP contribution in [0.1, 0.15) is 35.5 Å². The third-order valence-electron chi connectivity index (χ3n) is 5.06. The van der Waals surface area contributed by atoms with Crippen LogP contribution >= 0.6 is 0 Å². The number of hydrogen-bond acceptors (Lipinski definition) is 4. The maximum absolute atomic E-state index is 12.3. The molecule has 5 nitrogen and oxygen atoms in total. The van der Waals surface area contributed by atoms with Crippen LogP contribution in [0.15, 0.2) is 72.9 Å². The van der Waals surface area contributed by atoms with Gasteiger partial charge in [0.2, 0.25) is 0 Å². The second kappa shape index (κ2) is 11.7. The monoisotopic (exact) mass is 414 g/mol. The van der Waals surface area contributed by atoms with Crippen LogP contribution in [-0.4, -0.2) is 42.0 Å². The van der Waals surface area contributed by atoms with Crippen molar-refractivity contribution in [1.82, 2.24) is 15.2 Å². The molecule has 1 amide bonds. The van der Waals surface area contributed by atoms with Gasteiger partial charge >= 0.3 is 0 Å². The molecular formula is C26H30N4O. The SMILES string of the molecule is CCN(CC)CCNC(=O)c1ccc(Nc2cccc(/C=C/c3ccccn3)c2)cc1. The minimum Gasteiger partial charge on any atom is -0.356 e. The first-order valence-electron chi connectivity index (χ1n) is 10.7. The summed E-state index contributed by atoms with van der Waals surface area (Å²) < 4.78 is 0. The van der Waals surface area contributed by atoms with Crippen LogP contribution in [0.3, 0.4) is 0 Å². The fraction of sp³-hybridized carbons (Fsp3) is 0.231. The van der Waals surface area contributed by atoms with E-state index in [1.807, 2.05) is 66.7 Å². The molecule has 1 aromatic heterocycles. The van der Waals surface area contributed by atoms with E-state index in [0.29, 0.717) is 12.1 Å². The molecule has 31 heavy (non-hydrogen) atoms. The molecule has 0 aliphatic carbocycles. The summed E-state index contributed by atoms with van der Waals surface area (Å²) in [4.78, 5) is 18.9. The summed E-state index contributed by atoms with van der Waals surface area (Å²) in [5, 5.41) is 6.38. The number of hydrogen-bond donors (Lipinski definition) is 2. The van der Waals surface area contributed by atoms with Gasteiger partial charge in [-0.15, -0.1) is 0 Å². The Morgan fingerprint density at radius 2 is 1.74 bits per heavy atom. The summed E-state index contributed by atoms with van der Waals surface area (Å²) in [7, 11) is 0. The molecule has 1 heterocycles. The largest absolute Gasteiger partial charge is 0.356 e. The number of aromatic nitrogens is 1. The zero-order chi connectivity index (χ0) is 21.9. The predicted octanol–water partition coefficient (Wildman–Crippen LogP) is 5.07. The Hall–Kier alpha value is -3.44. The first-order chi connectivity index (χ1) is 15.2. The van der Waals surface area contributed by atoms with Gasteiger partial charge in [0.15, 0.2) is 0 Å². The van der Waals surface area contributed by atoms with Crippen molar-refractivity contribution in [3.8, 4) is 0 Å². The quantitative estimate of drug-likeness (QED) is 0.486. The van der Waals surface area contributed by atoms with Crippen molar-refractivity contribution >= 4 is 29.4 Å². The van der Waals surface area contributed by atoms with Gasteiger partial charge in [-0.1, -0.05) is 38.1 Å². The van der Waals surface area contributed by atoms with Crippen LogP contribution in [0.2, 0.25) is 0 Å². The van der Waals surface area contributed by atoms with E-state index in [1.54, 1.807) is 6.20 Å². The molecule has 0 unspecified atom stereocenters. The summed E-state index contributed by atoms with van der Waals surface area (Å²) >= 11 is 0. The van der Waals surface area contributed by atoms with E-state index in [1.165, 1.54) is 0 Å². The van der Waals surface area contributed by atoms with E-state index in [0.717, 1.165) is 42.3 Å². The number of likely N-dealkylation sites (N-methyl/N-ethyl adjacent to an activating group) is 1. The number of rotatable bonds is 10. The maximum atomic E-state index is 12.3. The Kier molecular flexibility index (Phi) is 8.38. The standard InChI is InChI=1S/C26H30N4O/c1-3-30(4-2)19-18-28-26(31)22-12-15-24(16-13-22)29-25-10-7-8-21(20-25)11-14-23-9-5-6-17-27-23/h5-17,20,29H,3-4,18-19H2,1-2H3,(H,28,31)/b14-11+. The fourth-order valence-electron chi connectivity index (χ4n) is 3.22. The van der Waals surface area contributed by atoms with Gasteiger partial charge in [-0.05, 0) is 73.3 Å². The number of nitrogens with zero attached hydrogens (tertiary/aromatic N) is 2. The number of amides is 1. The molecule has 0 radical (unpaired) electrons. The van der Waals surface area contributed by atoms with E-state index in [9.17, 15) is 4.79 Å². The average Bonchev–Trinajstić information content (AvgIpc) is 2.82. The van der Waals surface area contributed by atoms with Crippen LogP contribution in [-0.2, 0) is 0 Å². The van der Waals surface area contributed by atoms with E-state index in [4.69, 9.17) is 0 Å². The van der Waals surface area contributed by atoms with Crippen LogP contribution in [0.5, 0.6) is 0 Å². The molecule has 0 aliphatic rings. The Balaban J connectivity index is 1.56. The Morgan fingerprint density at radius 3 is 2.45 bits per heavy atom. The highest BCUT2D eigenvalue weighted by molar-refractivity contribution is 5.94. The molecule has 2 N–H and O–H groups in total. The second-order valence-corrected chi connectivity index (χ2v) is 7.20. The first kappa shape index (κ1) is 22.2. The normalized spacial score (nSPS) is 11.1. The summed E-state index contributed by atoms with van der Waals surface area (Å²) in [6.07, 6.45) is 5.82. The zero-order valence-electron chi connectivity index (χ0n) is 18.2. The Labute approximate surface area is 184 Å². The summed E-state index contributed by atoms with van der Waals surface area (Å²) in [6.45, 7) is 7.76. The molecule has 0 bridgehead atoms. The summed E-state index contributed by atoms with van der Waals surface area (Å²) in [5.74, 6) is -0.0413. The highest BCUT2D eigenvalue weighted by Gasteiger charge is 2.06. The van der Waals surface area contributed by atoms with Crippen molar-refractivity contribution < 1.29 is 4.79 Å². The lowest BCUT2D eigenvalue weighted by Crippen LogP contribution is -2.34. The molecule has 2 aromatic carbocycles. The summed E-state index contributed by atoms with van der Waals surface area (Å²) in [5.41, 5.74) is 4.59. The molecule has 0 saturated heterocycles. The molecular weight excluding hydrogens is 384 g/mol. The number of benzene rings is 2. The number of nitrogens with one attached hydrogen (secondary N) is 2. The minimum absolute atomic E-state index is 0.0413. The molecule has 0 fully saturated rings. The predicted molar refractivity (Wildman–Crippen MR) is 129 cm³/mol. The molecule has 3 rings (SSSR count). The number of pyridine rings is 1. The van der Waals surface area contributed by atoms with Crippen LogP contribution in [0.25, 0.3) is 12.2 Å². The molecule has 3 aromatic rings. The second-order valence-electron chi connectivity index (χ2n) is 7.20. The maximum Gasteiger partial charge on any atom is 0.251 e. The lowest BCUT2D eigenvalue weighted by molar-refractivity contribution is 0.0949. The van der Waals surface area contributed by atoms with Crippen molar-refractivity contribution in [1.29, 1.82) is 0 Å². The zero-order valence-corrected chi connectivity index (χ0v) is 18.2. The third kappa shape index (κ3) is 7.08. The van der Waals surface area contributed by atoms with Gasteiger partial charge in [0.05, 0.1) is 5.69 Å². The first-order valence-corrected chi connectivity index (χ1v) is 10.7. The minimum atomic E-state index is -0.0413. The molecule has 0 aliphatic heterocycles. The molecule has 160 valence electrons. The van der Waals surface area contributed by atoms with E-state index in [-0.39, 0.29) is 5.91 Å². The Bertz CT molecular complexity index is 980. The van der Waals surface area contributed by atoms with Gasteiger partial charge in [-0.3, -0.25) is 9.78 Å². The van der Waals surface area contributed by atoms with Crippen molar-refractivity contribution in [2.24, 2.45) is 0 Å². The van der Waals surface area contributed by atoms with Gasteiger partial charge in [0.25, 0.3) is 5.91 Å².